The molecule has 0 aliphatic heterocycles. The minimum atomic E-state index is 0.204. The number of aryl methyl sites for hydroxylation is 3. The molecular formula is C14H17ClN2S. The zero-order chi connectivity index (χ0) is 13.3. The molecular weight excluding hydrogens is 264 g/mol. The Morgan fingerprint density at radius 2 is 2.00 bits per heavy atom. The second-order valence-corrected chi connectivity index (χ2v) is 6.34. The lowest BCUT2D eigenvalue weighted by molar-refractivity contribution is 0.835. The summed E-state index contributed by atoms with van der Waals surface area (Å²) < 4.78 is 0. The Labute approximate surface area is 117 Å². The summed E-state index contributed by atoms with van der Waals surface area (Å²) in [6, 6.07) is 6.09. The number of nitrogens with zero attached hydrogens (tertiary/aromatic N) is 1. The van der Waals surface area contributed by atoms with Crippen molar-refractivity contribution >= 4 is 28.6 Å². The number of hydrogen-bond acceptors (Lipinski definition) is 3. The average molecular weight is 281 g/mol. The number of hydrogen-bond donors (Lipinski definition) is 1. The molecule has 0 fully saturated rings. The first-order valence-electron chi connectivity index (χ1n) is 5.94. The molecule has 18 heavy (non-hydrogen) atoms. The van der Waals surface area contributed by atoms with Crippen molar-refractivity contribution in [1.82, 2.24) is 4.98 Å². The van der Waals surface area contributed by atoms with Gasteiger partial charge in [-0.2, -0.15) is 0 Å². The topological polar surface area (TPSA) is 24.9 Å². The first-order chi connectivity index (χ1) is 8.47. The molecule has 0 aliphatic carbocycles. The fourth-order valence-corrected chi connectivity index (χ4v) is 3.18. The van der Waals surface area contributed by atoms with Crippen LogP contribution in [0.15, 0.2) is 18.2 Å². The van der Waals surface area contributed by atoms with Gasteiger partial charge in [0.15, 0.2) is 0 Å². The lowest BCUT2D eigenvalue weighted by atomic mass is 10.1. The van der Waals surface area contributed by atoms with E-state index in [4.69, 9.17) is 11.6 Å². The van der Waals surface area contributed by atoms with Gasteiger partial charge in [0.25, 0.3) is 0 Å². The minimum absolute atomic E-state index is 0.204. The monoisotopic (exact) mass is 280 g/mol. The van der Waals surface area contributed by atoms with E-state index in [1.165, 1.54) is 4.88 Å². The number of rotatable bonds is 3. The molecule has 0 amide bonds. The van der Waals surface area contributed by atoms with Gasteiger partial charge in [0.2, 0.25) is 0 Å². The summed E-state index contributed by atoms with van der Waals surface area (Å²) in [6.45, 7) is 8.35. The van der Waals surface area contributed by atoms with Gasteiger partial charge in [-0.05, 0) is 51.5 Å². The molecule has 0 radical (unpaired) electrons. The van der Waals surface area contributed by atoms with Gasteiger partial charge in [0, 0.05) is 15.6 Å². The Bertz CT molecular complexity index is 563. The molecule has 1 heterocycles. The Kier molecular flexibility index (Phi) is 3.93. The van der Waals surface area contributed by atoms with Gasteiger partial charge in [0.1, 0.15) is 0 Å². The lowest BCUT2D eigenvalue weighted by Crippen LogP contribution is -2.09. The quantitative estimate of drug-likeness (QED) is 0.865. The van der Waals surface area contributed by atoms with Crippen molar-refractivity contribution in [2.24, 2.45) is 0 Å². The largest absolute Gasteiger partial charge is 0.377 e. The smallest absolute Gasteiger partial charge is 0.0901 e. The highest BCUT2D eigenvalue weighted by molar-refractivity contribution is 7.11. The third-order valence-corrected chi connectivity index (χ3v) is 4.05. The third kappa shape index (κ3) is 2.85. The van der Waals surface area contributed by atoms with Gasteiger partial charge in [0.05, 0.1) is 16.7 Å². The van der Waals surface area contributed by atoms with Crippen LogP contribution < -0.4 is 5.32 Å². The molecule has 1 N–H and O–H groups in total. The number of anilines is 1. The SMILES string of the molecule is Cc1nc(C(C)Nc2ccc(Cl)cc2C)c(C)s1. The molecule has 0 saturated carbocycles. The number of thiazole rings is 1. The third-order valence-electron chi connectivity index (χ3n) is 2.91. The molecule has 2 aromatic rings. The number of aromatic nitrogens is 1. The molecule has 96 valence electrons. The lowest BCUT2D eigenvalue weighted by Gasteiger charge is -2.16. The summed E-state index contributed by atoms with van der Waals surface area (Å²) in [4.78, 5) is 5.86. The standard InChI is InChI=1S/C14H17ClN2S/c1-8-7-12(15)5-6-13(8)16-9(2)14-10(3)18-11(4)17-14/h5-7,9,16H,1-4H3. The zero-order valence-electron chi connectivity index (χ0n) is 11.0. The maximum Gasteiger partial charge on any atom is 0.0901 e. The van der Waals surface area contributed by atoms with Crippen LogP contribution in [0.3, 0.4) is 0 Å². The Balaban J connectivity index is 2.21. The van der Waals surface area contributed by atoms with Crippen molar-refractivity contribution in [2.75, 3.05) is 5.32 Å². The van der Waals surface area contributed by atoms with Gasteiger partial charge in [-0.15, -0.1) is 11.3 Å². The van der Waals surface area contributed by atoms with E-state index in [9.17, 15) is 0 Å². The normalized spacial score (nSPS) is 12.5. The van der Waals surface area contributed by atoms with Crippen molar-refractivity contribution in [3.05, 3.63) is 44.4 Å². The molecule has 0 saturated heterocycles. The molecule has 0 aliphatic rings. The summed E-state index contributed by atoms with van der Waals surface area (Å²) in [5, 5.41) is 5.38. The van der Waals surface area contributed by atoms with Crippen molar-refractivity contribution in [2.45, 2.75) is 33.7 Å². The van der Waals surface area contributed by atoms with Crippen LogP contribution in [0.2, 0.25) is 5.02 Å². The number of nitrogens with one attached hydrogen (secondary N) is 1. The summed E-state index contributed by atoms with van der Waals surface area (Å²) >= 11 is 7.70. The summed E-state index contributed by atoms with van der Waals surface area (Å²) in [6.07, 6.45) is 0. The van der Waals surface area contributed by atoms with Crippen LogP contribution in [-0.4, -0.2) is 4.98 Å². The van der Waals surface area contributed by atoms with Crippen LogP contribution in [-0.2, 0) is 0 Å². The van der Waals surface area contributed by atoms with E-state index in [0.717, 1.165) is 27.0 Å². The molecule has 1 aromatic carbocycles. The van der Waals surface area contributed by atoms with Crippen LogP contribution in [0.4, 0.5) is 5.69 Å². The molecule has 1 unspecified atom stereocenters. The predicted molar refractivity (Wildman–Crippen MR) is 79.8 cm³/mol. The van der Waals surface area contributed by atoms with Crippen molar-refractivity contribution in [1.29, 1.82) is 0 Å². The fourth-order valence-electron chi connectivity index (χ4n) is 2.04. The number of benzene rings is 1. The first-order valence-corrected chi connectivity index (χ1v) is 7.13. The predicted octanol–water partition coefficient (Wildman–Crippen LogP) is 4.89. The van der Waals surface area contributed by atoms with Crippen LogP contribution in [0.1, 0.15) is 34.1 Å². The van der Waals surface area contributed by atoms with Crippen LogP contribution in [0.5, 0.6) is 0 Å². The summed E-state index contributed by atoms with van der Waals surface area (Å²) in [7, 11) is 0. The molecule has 2 nitrogen and oxygen atoms in total. The first kappa shape index (κ1) is 13.4. The summed E-state index contributed by atoms with van der Waals surface area (Å²) in [5.74, 6) is 0. The maximum absolute atomic E-state index is 5.96. The van der Waals surface area contributed by atoms with Crippen LogP contribution in [0, 0.1) is 20.8 Å². The Hall–Kier alpha value is -1.06. The van der Waals surface area contributed by atoms with E-state index in [0.29, 0.717) is 0 Å². The van der Waals surface area contributed by atoms with Crippen molar-refractivity contribution in [3.63, 3.8) is 0 Å². The van der Waals surface area contributed by atoms with Crippen molar-refractivity contribution < 1.29 is 0 Å². The molecule has 4 heteroatoms. The van der Waals surface area contributed by atoms with Crippen LogP contribution in [0.25, 0.3) is 0 Å². The molecule has 2 rings (SSSR count). The van der Waals surface area contributed by atoms with E-state index >= 15 is 0 Å². The second kappa shape index (κ2) is 5.29. The second-order valence-electron chi connectivity index (χ2n) is 4.50. The Morgan fingerprint density at radius 3 is 2.56 bits per heavy atom. The van der Waals surface area contributed by atoms with E-state index < -0.39 is 0 Å². The van der Waals surface area contributed by atoms with Gasteiger partial charge >= 0.3 is 0 Å². The molecule has 0 bridgehead atoms. The molecule has 1 atom stereocenters. The summed E-state index contributed by atoms with van der Waals surface area (Å²) in [5.41, 5.74) is 3.39. The highest BCUT2D eigenvalue weighted by atomic mass is 35.5. The average Bonchev–Trinajstić information content (AvgIpc) is 2.62. The minimum Gasteiger partial charge on any atom is -0.377 e. The molecule has 0 spiro atoms. The highest BCUT2D eigenvalue weighted by Crippen LogP contribution is 2.27. The Morgan fingerprint density at radius 1 is 1.28 bits per heavy atom. The molecule has 1 aromatic heterocycles. The van der Waals surface area contributed by atoms with Gasteiger partial charge in [-0.25, -0.2) is 4.98 Å². The van der Waals surface area contributed by atoms with E-state index in [1.807, 2.05) is 25.1 Å². The van der Waals surface area contributed by atoms with E-state index in [-0.39, 0.29) is 6.04 Å². The number of halogens is 1. The van der Waals surface area contributed by atoms with E-state index in [1.54, 1.807) is 11.3 Å². The van der Waals surface area contributed by atoms with Gasteiger partial charge in [-0.1, -0.05) is 11.6 Å². The zero-order valence-corrected chi connectivity index (χ0v) is 12.6. The van der Waals surface area contributed by atoms with Gasteiger partial charge in [-0.3, -0.25) is 0 Å². The maximum atomic E-state index is 5.96. The van der Waals surface area contributed by atoms with E-state index in [2.05, 4.69) is 31.1 Å². The highest BCUT2D eigenvalue weighted by Gasteiger charge is 2.13. The van der Waals surface area contributed by atoms with Crippen LogP contribution >= 0.6 is 22.9 Å². The van der Waals surface area contributed by atoms with Gasteiger partial charge < -0.3 is 5.32 Å². The van der Waals surface area contributed by atoms with Crippen molar-refractivity contribution in [3.8, 4) is 0 Å². The fraction of sp³-hybridized carbons (Fsp3) is 0.357.